The standard InChI is InChI=1S/C22H28N2O4S/c1-29(26,27)24(19-8-3-2-4-9-19)17-7-12-22(25)23-18-13-15-21(16-14-18)28-20-10-5-6-11-20/h2-4,8-9,13-16,20H,5-7,10-12,17H2,1H3,(H,23,25). The van der Waals surface area contributed by atoms with E-state index in [2.05, 4.69) is 5.32 Å². The number of sulfonamides is 1. The number of rotatable bonds is 9. The van der Waals surface area contributed by atoms with E-state index in [1.807, 2.05) is 30.3 Å². The van der Waals surface area contributed by atoms with Crippen molar-refractivity contribution in [1.29, 1.82) is 0 Å². The van der Waals surface area contributed by atoms with Crippen molar-refractivity contribution in [2.45, 2.75) is 44.6 Å². The molecule has 1 aliphatic rings. The Kier molecular flexibility index (Phi) is 7.14. The van der Waals surface area contributed by atoms with E-state index in [4.69, 9.17) is 4.74 Å². The van der Waals surface area contributed by atoms with Crippen molar-refractivity contribution in [3.05, 3.63) is 54.6 Å². The zero-order valence-corrected chi connectivity index (χ0v) is 17.5. The topological polar surface area (TPSA) is 75.7 Å². The molecule has 1 amide bonds. The highest BCUT2D eigenvalue weighted by Gasteiger charge is 2.18. The van der Waals surface area contributed by atoms with Crippen LogP contribution in [0, 0.1) is 0 Å². The largest absolute Gasteiger partial charge is 0.490 e. The van der Waals surface area contributed by atoms with Crippen molar-refractivity contribution >= 4 is 27.3 Å². The quantitative estimate of drug-likeness (QED) is 0.665. The van der Waals surface area contributed by atoms with E-state index in [1.165, 1.54) is 23.4 Å². The first-order chi connectivity index (χ1) is 13.9. The molecule has 2 aromatic carbocycles. The van der Waals surface area contributed by atoms with Crippen LogP contribution in [0.3, 0.4) is 0 Å². The lowest BCUT2D eigenvalue weighted by Crippen LogP contribution is -2.31. The van der Waals surface area contributed by atoms with Crippen molar-refractivity contribution in [1.82, 2.24) is 0 Å². The van der Waals surface area contributed by atoms with Gasteiger partial charge in [0.15, 0.2) is 0 Å². The molecule has 0 bridgehead atoms. The number of benzene rings is 2. The number of anilines is 2. The molecule has 0 atom stereocenters. The minimum Gasteiger partial charge on any atom is -0.490 e. The van der Waals surface area contributed by atoms with Crippen LogP contribution in [0.4, 0.5) is 11.4 Å². The third kappa shape index (κ3) is 6.49. The molecule has 0 saturated heterocycles. The van der Waals surface area contributed by atoms with Crippen molar-refractivity contribution < 1.29 is 17.9 Å². The third-order valence-electron chi connectivity index (χ3n) is 4.95. The van der Waals surface area contributed by atoms with Gasteiger partial charge in [-0.25, -0.2) is 8.42 Å². The highest BCUT2D eigenvalue weighted by molar-refractivity contribution is 7.92. The summed E-state index contributed by atoms with van der Waals surface area (Å²) in [5, 5.41) is 2.85. The van der Waals surface area contributed by atoms with E-state index < -0.39 is 10.0 Å². The van der Waals surface area contributed by atoms with Gasteiger partial charge in [-0.3, -0.25) is 9.10 Å². The Balaban J connectivity index is 1.47. The second kappa shape index (κ2) is 9.78. The van der Waals surface area contributed by atoms with Crippen molar-refractivity contribution in [3.63, 3.8) is 0 Å². The van der Waals surface area contributed by atoms with E-state index in [0.717, 1.165) is 18.6 Å². The molecule has 0 radical (unpaired) electrons. The van der Waals surface area contributed by atoms with Gasteiger partial charge in [-0.05, 0) is 68.5 Å². The van der Waals surface area contributed by atoms with Crippen LogP contribution >= 0.6 is 0 Å². The van der Waals surface area contributed by atoms with Crippen LogP contribution < -0.4 is 14.4 Å². The maximum atomic E-state index is 12.2. The zero-order chi connectivity index (χ0) is 20.7. The highest BCUT2D eigenvalue weighted by atomic mass is 32.2. The predicted molar refractivity (Wildman–Crippen MR) is 116 cm³/mol. The van der Waals surface area contributed by atoms with Gasteiger partial charge in [0.1, 0.15) is 5.75 Å². The fraction of sp³-hybridized carbons (Fsp3) is 0.409. The van der Waals surface area contributed by atoms with Gasteiger partial charge in [-0.15, -0.1) is 0 Å². The monoisotopic (exact) mass is 416 g/mol. The summed E-state index contributed by atoms with van der Waals surface area (Å²) in [4.78, 5) is 12.2. The second-order valence-corrected chi connectivity index (χ2v) is 9.28. The van der Waals surface area contributed by atoms with Crippen LogP contribution in [-0.4, -0.2) is 33.2 Å². The van der Waals surface area contributed by atoms with E-state index in [0.29, 0.717) is 23.9 Å². The fourth-order valence-corrected chi connectivity index (χ4v) is 4.47. The molecule has 6 nitrogen and oxygen atoms in total. The Labute approximate surface area is 172 Å². The highest BCUT2D eigenvalue weighted by Crippen LogP contribution is 2.25. The molecule has 1 fully saturated rings. The predicted octanol–water partition coefficient (Wildman–Crippen LogP) is 4.19. The van der Waals surface area contributed by atoms with Crippen LogP contribution in [0.15, 0.2) is 54.6 Å². The van der Waals surface area contributed by atoms with Gasteiger partial charge in [0.25, 0.3) is 0 Å². The summed E-state index contributed by atoms with van der Waals surface area (Å²) in [5.74, 6) is 0.678. The summed E-state index contributed by atoms with van der Waals surface area (Å²) >= 11 is 0. The van der Waals surface area contributed by atoms with Crippen LogP contribution in [0.1, 0.15) is 38.5 Å². The smallest absolute Gasteiger partial charge is 0.232 e. The molecular weight excluding hydrogens is 388 g/mol. The van der Waals surface area contributed by atoms with Gasteiger partial charge < -0.3 is 10.1 Å². The Morgan fingerprint density at radius 1 is 1.07 bits per heavy atom. The van der Waals surface area contributed by atoms with E-state index in [9.17, 15) is 13.2 Å². The molecule has 29 heavy (non-hydrogen) atoms. The van der Waals surface area contributed by atoms with Gasteiger partial charge in [0, 0.05) is 18.7 Å². The minimum atomic E-state index is -3.40. The average Bonchev–Trinajstić information content (AvgIpc) is 3.19. The molecule has 0 unspecified atom stereocenters. The number of amides is 1. The molecule has 1 N–H and O–H groups in total. The number of hydrogen-bond donors (Lipinski definition) is 1. The van der Waals surface area contributed by atoms with E-state index in [1.54, 1.807) is 24.3 Å². The summed E-state index contributed by atoms with van der Waals surface area (Å²) in [6.07, 6.45) is 6.79. The summed E-state index contributed by atoms with van der Waals surface area (Å²) in [6, 6.07) is 16.3. The second-order valence-electron chi connectivity index (χ2n) is 7.37. The Morgan fingerprint density at radius 3 is 2.34 bits per heavy atom. The lowest BCUT2D eigenvalue weighted by molar-refractivity contribution is -0.116. The molecule has 0 spiro atoms. The molecule has 0 aliphatic heterocycles. The van der Waals surface area contributed by atoms with E-state index in [-0.39, 0.29) is 18.9 Å². The third-order valence-corrected chi connectivity index (χ3v) is 6.15. The van der Waals surface area contributed by atoms with Crippen LogP contribution in [0.2, 0.25) is 0 Å². The maximum Gasteiger partial charge on any atom is 0.232 e. The van der Waals surface area contributed by atoms with Crippen LogP contribution in [-0.2, 0) is 14.8 Å². The fourth-order valence-electron chi connectivity index (χ4n) is 3.50. The SMILES string of the molecule is CS(=O)(=O)N(CCCC(=O)Nc1ccc(OC2CCCC2)cc1)c1ccccc1. The van der Waals surface area contributed by atoms with Gasteiger partial charge >= 0.3 is 0 Å². The van der Waals surface area contributed by atoms with Gasteiger partial charge in [0.05, 0.1) is 18.0 Å². The van der Waals surface area contributed by atoms with Gasteiger partial charge in [-0.1, -0.05) is 18.2 Å². The first-order valence-corrected chi connectivity index (χ1v) is 11.9. The van der Waals surface area contributed by atoms with Gasteiger partial charge in [0.2, 0.25) is 15.9 Å². The first-order valence-electron chi connectivity index (χ1n) is 10.0. The lowest BCUT2D eigenvalue weighted by atomic mass is 10.2. The van der Waals surface area contributed by atoms with Crippen molar-refractivity contribution in [2.75, 3.05) is 22.4 Å². The zero-order valence-electron chi connectivity index (χ0n) is 16.7. The van der Waals surface area contributed by atoms with Crippen molar-refractivity contribution in [2.24, 2.45) is 0 Å². The molecule has 1 aliphatic carbocycles. The number of carbonyl (C=O) groups excluding carboxylic acids is 1. The van der Waals surface area contributed by atoms with E-state index >= 15 is 0 Å². The van der Waals surface area contributed by atoms with Crippen LogP contribution in [0.5, 0.6) is 5.75 Å². The molecule has 0 heterocycles. The normalized spacial score (nSPS) is 14.5. The first kappa shape index (κ1) is 21.2. The Morgan fingerprint density at radius 2 is 1.72 bits per heavy atom. The number of hydrogen-bond acceptors (Lipinski definition) is 4. The number of nitrogens with zero attached hydrogens (tertiary/aromatic N) is 1. The summed E-state index contributed by atoms with van der Waals surface area (Å²) in [5.41, 5.74) is 1.31. The minimum absolute atomic E-state index is 0.143. The number of para-hydroxylation sites is 1. The van der Waals surface area contributed by atoms with Crippen molar-refractivity contribution in [3.8, 4) is 5.75 Å². The molecule has 156 valence electrons. The summed E-state index contributed by atoms with van der Waals surface area (Å²) < 4.78 is 31.4. The maximum absolute atomic E-state index is 12.2. The number of nitrogens with one attached hydrogen (secondary N) is 1. The molecule has 3 rings (SSSR count). The number of ether oxygens (including phenoxy) is 1. The molecular formula is C22H28N2O4S. The summed E-state index contributed by atoms with van der Waals surface area (Å²) in [6.45, 7) is 0.254. The lowest BCUT2D eigenvalue weighted by Gasteiger charge is -2.22. The van der Waals surface area contributed by atoms with Gasteiger partial charge in [-0.2, -0.15) is 0 Å². The molecule has 2 aromatic rings. The molecule has 7 heteroatoms. The molecule has 1 saturated carbocycles. The summed E-state index contributed by atoms with van der Waals surface area (Å²) in [7, 11) is -3.40. The average molecular weight is 417 g/mol. The molecule has 0 aromatic heterocycles. The number of carbonyl (C=O) groups is 1. The van der Waals surface area contributed by atoms with Crippen LogP contribution in [0.25, 0.3) is 0 Å². The Hall–Kier alpha value is -2.54. The Bertz CT molecular complexity index is 892.